The number of allylic oxidation sites excluding steroid dienone is 1. The van der Waals surface area contributed by atoms with Crippen LogP contribution in [0.15, 0.2) is 36.0 Å². The van der Waals surface area contributed by atoms with Crippen molar-refractivity contribution in [1.82, 2.24) is 19.2 Å². The first-order chi connectivity index (χ1) is 12.9. The van der Waals surface area contributed by atoms with Gasteiger partial charge in [-0.1, -0.05) is 17.7 Å². The van der Waals surface area contributed by atoms with Gasteiger partial charge in [-0.05, 0) is 45.7 Å². The van der Waals surface area contributed by atoms with Crippen molar-refractivity contribution < 1.29 is 9.59 Å². The molecule has 2 aromatic rings. The molecule has 2 amide bonds. The predicted octanol–water partition coefficient (Wildman–Crippen LogP) is 2.67. The number of piperidine rings is 1. The predicted molar refractivity (Wildman–Crippen MR) is 103 cm³/mol. The highest BCUT2D eigenvalue weighted by Crippen LogP contribution is 2.30. The highest BCUT2D eigenvalue weighted by molar-refractivity contribution is 5.94. The zero-order valence-electron chi connectivity index (χ0n) is 16.2. The Morgan fingerprint density at radius 3 is 2.81 bits per heavy atom. The summed E-state index contributed by atoms with van der Waals surface area (Å²) in [6.07, 6.45) is 5.72. The fourth-order valence-corrected chi connectivity index (χ4v) is 4.14. The Hall–Kier alpha value is -2.63. The highest BCUT2D eigenvalue weighted by Gasteiger charge is 2.41. The van der Waals surface area contributed by atoms with Crippen LogP contribution in [-0.4, -0.2) is 56.7 Å². The first kappa shape index (κ1) is 17.8. The second-order valence-electron chi connectivity index (χ2n) is 7.93. The zero-order valence-corrected chi connectivity index (χ0v) is 16.2. The summed E-state index contributed by atoms with van der Waals surface area (Å²) >= 11 is 0. The van der Waals surface area contributed by atoms with Gasteiger partial charge in [0.15, 0.2) is 0 Å². The van der Waals surface area contributed by atoms with Gasteiger partial charge in [-0.15, -0.1) is 0 Å². The van der Waals surface area contributed by atoms with Crippen molar-refractivity contribution in [2.75, 3.05) is 19.6 Å². The van der Waals surface area contributed by atoms with Crippen LogP contribution < -0.4 is 0 Å². The van der Waals surface area contributed by atoms with E-state index in [2.05, 4.69) is 11.1 Å². The van der Waals surface area contributed by atoms with Gasteiger partial charge < -0.3 is 14.2 Å². The number of carbonyl (C=O) groups is 2. The van der Waals surface area contributed by atoms with Crippen molar-refractivity contribution in [1.29, 1.82) is 0 Å². The maximum atomic E-state index is 13.1. The highest BCUT2D eigenvalue weighted by atomic mass is 16.2. The van der Waals surface area contributed by atoms with E-state index < -0.39 is 0 Å². The normalized spacial score (nSPS) is 22.3. The zero-order chi connectivity index (χ0) is 19.1. The Kier molecular flexibility index (Phi) is 4.50. The fraction of sp³-hybridized carbons (Fsp3) is 0.476. The van der Waals surface area contributed by atoms with Crippen LogP contribution in [0.25, 0.3) is 5.65 Å². The fourth-order valence-electron chi connectivity index (χ4n) is 4.14. The molecule has 5 rings (SSSR count). The average Bonchev–Trinajstić information content (AvgIpc) is 2.89. The molecular formula is C21H26N4O2. The van der Waals surface area contributed by atoms with Crippen molar-refractivity contribution in [3.8, 4) is 0 Å². The maximum Gasteiger partial charge on any atom is 0.274 e. The number of hydrogen-bond donors (Lipinski definition) is 0. The number of nitrogens with zero attached hydrogens (tertiary/aromatic N) is 4. The SMILES string of the molecule is CC(C)=CCN1C(=O)[C@H]2CC[C@@H]1CN(C(=O)c1cn3c(C)cccc3n1)C2. The Labute approximate surface area is 159 Å². The summed E-state index contributed by atoms with van der Waals surface area (Å²) in [6, 6.07) is 5.93. The number of aryl methyl sites for hydroxylation is 1. The number of pyridine rings is 1. The summed E-state index contributed by atoms with van der Waals surface area (Å²) in [5.74, 6) is 0.00814. The molecular weight excluding hydrogens is 340 g/mol. The molecule has 0 spiro atoms. The quantitative estimate of drug-likeness (QED) is 0.785. The molecule has 2 aromatic heterocycles. The first-order valence-corrected chi connectivity index (χ1v) is 9.62. The molecule has 0 aliphatic carbocycles. The van der Waals surface area contributed by atoms with Crippen LogP contribution in [0.5, 0.6) is 0 Å². The Morgan fingerprint density at radius 2 is 2.07 bits per heavy atom. The molecule has 2 atom stereocenters. The molecule has 5 heterocycles. The minimum Gasteiger partial charge on any atom is -0.334 e. The van der Waals surface area contributed by atoms with Gasteiger partial charge in [0.05, 0.1) is 5.92 Å². The van der Waals surface area contributed by atoms with Crippen molar-refractivity contribution >= 4 is 17.5 Å². The monoisotopic (exact) mass is 366 g/mol. The molecule has 0 saturated carbocycles. The summed E-state index contributed by atoms with van der Waals surface area (Å²) in [6.45, 7) is 7.80. The van der Waals surface area contributed by atoms with Crippen LogP contribution in [0.1, 0.15) is 42.9 Å². The topological polar surface area (TPSA) is 57.9 Å². The van der Waals surface area contributed by atoms with E-state index >= 15 is 0 Å². The standard InChI is InChI=1S/C21H26N4O2/c1-14(2)9-10-24-17-8-7-16(20(24)26)11-23(12-17)21(27)18-13-25-15(3)5-4-6-19(25)22-18/h4-6,9,13,16-17H,7-8,10-12H2,1-3H3/t16-,17+/m0/s1. The van der Waals surface area contributed by atoms with E-state index in [0.717, 1.165) is 24.2 Å². The first-order valence-electron chi connectivity index (χ1n) is 9.62. The van der Waals surface area contributed by atoms with E-state index in [-0.39, 0.29) is 23.8 Å². The number of fused-ring (bicyclic) bond motifs is 5. The average molecular weight is 366 g/mol. The molecule has 0 N–H and O–H groups in total. The van der Waals surface area contributed by atoms with Crippen molar-refractivity contribution in [3.05, 3.63) is 47.4 Å². The van der Waals surface area contributed by atoms with E-state index in [1.807, 2.05) is 59.4 Å². The lowest BCUT2D eigenvalue weighted by molar-refractivity contribution is -0.139. The number of carbonyl (C=O) groups excluding carboxylic acids is 2. The molecule has 3 saturated heterocycles. The Morgan fingerprint density at radius 1 is 1.26 bits per heavy atom. The largest absolute Gasteiger partial charge is 0.334 e. The third-order valence-electron chi connectivity index (χ3n) is 5.69. The summed E-state index contributed by atoms with van der Waals surface area (Å²) in [7, 11) is 0. The number of amides is 2. The lowest BCUT2D eigenvalue weighted by Crippen LogP contribution is -2.48. The summed E-state index contributed by atoms with van der Waals surface area (Å²) in [4.78, 5) is 34.3. The molecule has 3 aliphatic rings. The van der Waals surface area contributed by atoms with Crippen molar-refractivity contribution in [2.45, 2.75) is 39.7 Å². The molecule has 2 bridgehead atoms. The number of aromatic nitrogens is 2. The van der Waals surface area contributed by atoms with Crippen LogP contribution >= 0.6 is 0 Å². The molecule has 0 radical (unpaired) electrons. The number of hydrogen-bond acceptors (Lipinski definition) is 3. The summed E-state index contributed by atoms with van der Waals surface area (Å²) in [5.41, 5.74) is 3.47. The second kappa shape index (κ2) is 6.83. The van der Waals surface area contributed by atoms with Gasteiger partial charge in [-0.2, -0.15) is 0 Å². The number of imidazole rings is 1. The minimum absolute atomic E-state index is 0.0770. The molecule has 0 aromatic carbocycles. The molecule has 27 heavy (non-hydrogen) atoms. The lowest BCUT2D eigenvalue weighted by atomic mass is 9.94. The van der Waals surface area contributed by atoms with E-state index in [1.54, 1.807) is 0 Å². The third-order valence-corrected chi connectivity index (χ3v) is 5.69. The third kappa shape index (κ3) is 3.24. The van der Waals surface area contributed by atoms with E-state index in [9.17, 15) is 9.59 Å². The van der Waals surface area contributed by atoms with Gasteiger partial charge in [0.2, 0.25) is 5.91 Å². The van der Waals surface area contributed by atoms with Gasteiger partial charge in [-0.25, -0.2) is 4.98 Å². The van der Waals surface area contributed by atoms with E-state index in [0.29, 0.717) is 25.3 Å². The summed E-state index contributed by atoms with van der Waals surface area (Å²) in [5, 5.41) is 0. The smallest absolute Gasteiger partial charge is 0.274 e. The molecule has 6 heteroatoms. The van der Waals surface area contributed by atoms with Crippen molar-refractivity contribution in [3.63, 3.8) is 0 Å². The van der Waals surface area contributed by atoms with Crippen LogP contribution in [0.4, 0.5) is 0 Å². The van der Waals surface area contributed by atoms with Gasteiger partial charge in [-0.3, -0.25) is 9.59 Å². The molecule has 142 valence electrons. The molecule has 6 nitrogen and oxygen atoms in total. The molecule has 3 aliphatic heterocycles. The van der Waals surface area contributed by atoms with Crippen molar-refractivity contribution in [2.24, 2.45) is 5.92 Å². The van der Waals surface area contributed by atoms with E-state index in [1.165, 1.54) is 5.57 Å². The Balaban J connectivity index is 1.59. The minimum atomic E-state index is -0.1000. The van der Waals surface area contributed by atoms with Crippen LogP contribution in [0.3, 0.4) is 0 Å². The van der Waals surface area contributed by atoms with Crippen LogP contribution in [0, 0.1) is 12.8 Å². The van der Waals surface area contributed by atoms with Gasteiger partial charge in [0, 0.05) is 37.6 Å². The second-order valence-corrected chi connectivity index (χ2v) is 7.93. The number of rotatable bonds is 3. The van der Waals surface area contributed by atoms with Gasteiger partial charge >= 0.3 is 0 Å². The van der Waals surface area contributed by atoms with Gasteiger partial charge in [0.25, 0.3) is 5.91 Å². The van der Waals surface area contributed by atoms with E-state index in [4.69, 9.17) is 0 Å². The Bertz CT molecular complexity index is 925. The molecule has 3 fully saturated rings. The van der Waals surface area contributed by atoms with Crippen LogP contribution in [-0.2, 0) is 4.79 Å². The maximum absolute atomic E-state index is 13.1. The lowest BCUT2D eigenvalue weighted by Gasteiger charge is -2.35. The van der Waals surface area contributed by atoms with Crippen LogP contribution in [0.2, 0.25) is 0 Å². The van der Waals surface area contributed by atoms with Gasteiger partial charge in [0.1, 0.15) is 11.3 Å². The summed E-state index contributed by atoms with van der Waals surface area (Å²) < 4.78 is 1.94. The molecule has 0 unspecified atom stereocenters.